The molecule has 2 unspecified atom stereocenters. The first-order chi connectivity index (χ1) is 9.34. The number of rotatable bonds is 7. The van der Waals surface area contributed by atoms with Crippen LogP contribution in [0.4, 0.5) is 0 Å². The predicted octanol–water partition coefficient (Wildman–Crippen LogP) is 1.91. The van der Waals surface area contributed by atoms with E-state index in [1.54, 1.807) is 0 Å². The molecule has 1 N–H and O–H groups in total. The van der Waals surface area contributed by atoms with Gasteiger partial charge in [0.2, 0.25) is 0 Å². The van der Waals surface area contributed by atoms with E-state index in [1.807, 2.05) is 6.92 Å². The zero-order valence-corrected chi connectivity index (χ0v) is 14.4. The molecule has 0 radical (unpaired) electrons. The Morgan fingerprint density at radius 2 is 2.00 bits per heavy atom. The van der Waals surface area contributed by atoms with Gasteiger partial charge in [0.25, 0.3) is 0 Å². The molecule has 5 heteroatoms. The molecule has 1 aliphatic rings. The lowest BCUT2D eigenvalue weighted by Crippen LogP contribution is -2.42. The predicted molar refractivity (Wildman–Crippen MR) is 85.8 cm³/mol. The minimum Gasteiger partial charge on any atom is -0.313 e. The quantitative estimate of drug-likeness (QED) is 0.780. The molecule has 0 aromatic rings. The van der Waals surface area contributed by atoms with Crippen LogP contribution in [0.5, 0.6) is 0 Å². The van der Waals surface area contributed by atoms with E-state index in [4.69, 9.17) is 0 Å². The second-order valence-corrected chi connectivity index (χ2v) is 8.87. The maximum absolute atomic E-state index is 11.9. The normalized spacial score (nSPS) is 25.9. The van der Waals surface area contributed by atoms with Crippen LogP contribution in [-0.4, -0.2) is 56.5 Å². The first kappa shape index (κ1) is 17.9. The molecule has 20 heavy (non-hydrogen) atoms. The Labute approximate surface area is 125 Å². The molecule has 1 rings (SSSR count). The Balaban J connectivity index is 2.56. The van der Waals surface area contributed by atoms with E-state index in [9.17, 15) is 8.42 Å². The van der Waals surface area contributed by atoms with Crippen LogP contribution >= 0.6 is 0 Å². The van der Waals surface area contributed by atoms with Gasteiger partial charge in [0.05, 0.1) is 5.75 Å². The minimum absolute atomic E-state index is 0.305. The largest absolute Gasteiger partial charge is 0.313 e. The fraction of sp³-hybridized carbons (Fsp3) is 1.00. The lowest BCUT2D eigenvalue weighted by atomic mass is 10.0. The first-order valence-corrected chi connectivity index (χ1v) is 9.84. The van der Waals surface area contributed by atoms with Crippen molar-refractivity contribution in [1.82, 2.24) is 10.2 Å². The smallest absolute Gasteiger partial charge is 0.151 e. The van der Waals surface area contributed by atoms with Crippen LogP contribution in [-0.2, 0) is 9.84 Å². The highest BCUT2D eigenvalue weighted by atomic mass is 32.2. The fourth-order valence-corrected chi connectivity index (χ4v) is 4.25. The molecule has 0 aliphatic carbocycles. The molecule has 0 bridgehead atoms. The summed E-state index contributed by atoms with van der Waals surface area (Å²) in [6, 6.07) is 0.963. The molecular formula is C15H32N2O2S. The standard InChI is InChI=1S/C15H32N2O2S/c1-5-9-20(18,19)10-8-17-12-15(11-13(2)3)16-7-6-14(17)4/h13-16H,5-12H2,1-4H3. The molecule has 4 nitrogen and oxygen atoms in total. The van der Waals surface area contributed by atoms with Crippen LogP contribution < -0.4 is 5.32 Å². The van der Waals surface area contributed by atoms with Crippen molar-refractivity contribution in [2.24, 2.45) is 5.92 Å². The van der Waals surface area contributed by atoms with Crippen LogP contribution in [0, 0.1) is 5.92 Å². The Kier molecular flexibility index (Phi) is 7.48. The average Bonchev–Trinajstić information content (AvgIpc) is 2.48. The van der Waals surface area contributed by atoms with E-state index in [1.165, 1.54) is 0 Å². The SMILES string of the molecule is CCCS(=O)(=O)CCN1CC(CC(C)C)NCCC1C. The summed E-state index contributed by atoms with van der Waals surface area (Å²) >= 11 is 0. The van der Waals surface area contributed by atoms with Crippen molar-refractivity contribution < 1.29 is 8.42 Å². The summed E-state index contributed by atoms with van der Waals surface area (Å²) in [5.74, 6) is 1.30. The molecule has 0 amide bonds. The summed E-state index contributed by atoms with van der Waals surface area (Å²) < 4.78 is 23.8. The highest BCUT2D eigenvalue weighted by Crippen LogP contribution is 2.14. The third-order valence-electron chi connectivity index (χ3n) is 4.03. The zero-order chi connectivity index (χ0) is 15.2. The maximum Gasteiger partial charge on any atom is 0.151 e. The van der Waals surface area contributed by atoms with Gasteiger partial charge in [-0.15, -0.1) is 0 Å². The number of sulfone groups is 1. The van der Waals surface area contributed by atoms with Crippen molar-refractivity contribution in [1.29, 1.82) is 0 Å². The zero-order valence-electron chi connectivity index (χ0n) is 13.6. The van der Waals surface area contributed by atoms with E-state index in [-0.39, 0.29) is 0 Å². The van der Waals surface area contributed by atoms with Crippen molar-refractivity contribution in [2.45, 2.75) is 59.0 Å². The fourth-order valence-electron chi connectivity index (χ4n) is 2.91. The van der Waals surface area contributed by atoms with Gasteiger partial charge in [-0.3, -0.25) is 4.90 Å². The lowest BCUT2D eigenvalue weighted by molar-refractivity contribution is 0.209. The van der Waals surface area contributed by atoms with Gasteiger partial charge < -0.3 is 5.32 Å². The Hall–Kier alpha value is -0.130. The summed E-state index contributed by atoms with van der Waals surface area (Å²) in [6.45, 7) is 11.3. The van der Waals surface area contributed by atoms with Crippen molar-refractivity contribution in [3.8, 4) is 0 Å². The molecule has 1 fully saturated rings. The monoisotopic (exact) mass is 304 g/mol. The molecule has 0 aromatic heterocycles. The highest BCUT2D eigenvalue weighted by molar-refractivity contribution is 7.91. The van der Waals surface area contributed by atoms with E-state index >= 15 is 0 Å². The molecule has 0 saturated carbocycles. The van der Waals surface area contributed by atoms with E-state index in [0.29, 0.717) is 36.1 Å². The van der Waals surface area contributed by atoms with Gasteiger partial charge >= 0.3 is 0 Å². The lowest BCUT2D eigenvalue weighted by Gasteiger charge is -2.29. The molecule has 1 saturated heterocycles. The van der Waals surface area contributed by atoms with Crippen molar-refractivity contribution in [2.75, 3.05) is 31.1 Å². The Morgan fingerprint density at radius 3 is 2.60 bits per heavy atom. The highest BCUT2D eigenvalue weighted by Gasteiger charge is 2.24. The van der Waals surface area contributed by atoms with Gasteiger partial charge in [0, 0.05) is 30.9 Å². The van der Waals surface area contributed by atoms with Crippen LogP contribution in [0.3, 0.4) is 0 Å². The van der Waals surface area contributed by atoms with Crippen molar-refractivity contribution in [3.05, 3.63) is 0 Å². The Bertz CT molecular complexity index is 368. The maximum atomic E-state index is 11.9. The topological polar surface area (TPSA) is 49.4 Å². The summed E-state index contributed by atoms with van der Waals surface area (Å²) in [5.41, 5.74) is 0. The Morgan fingerprint density at radius 1 is 1.30 bits per heavy atom. The first-order valence-electron chi connectivity index (χ1n) is 8.02. The van der Waals surface area contributed by atoms with Gasteiger partial charge in [-0.2, -0.15) is 0 Å². The molecule has 1 aliphatic heterocycles. The van der Waals surface area contributed by atoms with Crippen LogP contribution in [0.15, 0.2) is 0 Å². The van der Waals surface area contributed by atoms with Gasteiger partial charge in [0.15, 0.2) is 9.84 Å². The molecule has 0 aromatic carbocycles. The van der Waals surface area contributed by atoms with Crippen LogP contribution in [0.25, 0.3) is 0 Å². The van der Waals surface area contributed by atoms with Crippen molar-refractivity contribution in [3.63, 3.8) is 0 Å². The van der Waals surface area contributed by atoms with Gasteiger partial charge in [-0.05, 0) is 38.6 Å². The molecule has 0 spiro atoms. The number of nitrogens with zero attached hydrogens (tertiary/aromatic N) is 1. The average molecular weight is 305 g/mol. The van der Waals surface area contributed by atoms with Gasteiger partial charge in [-0.1, -0.05) is 20.8 Å². The molecule has 1 heterocycles. The number of hydrogen-bond donors (Lipinski definition) is 1. The second-order valence-electron chi connectivity index (χ2n) is 6.57. The van der Waals surface area contributed by atoms with Gasteiger partial charge in [0.1, 0.15) is 0 Å². The summed E-state index contributed by atoms with van der Waals surface area (Å²) in [7, 11) is -2.87. The summed E-state index contributed by atoms with van der Waals surface area (Å²) in [6.07, 6.45) is 2.97. The van der Waals surface area contributed by atoms with E-state index in [0.717, 1.165) is 32.4 Å². The number of hydrogen-bond acceptors (Lipinski definition) is 4. The van der Waals surface area contributed by atoms with Gasteiger partial charge in [-0.25, -0.2) is 8.42 Å². The summed E-state index contributed by atoms with van der Waals surface area (Å²) in [4.78, 5) is 2.36. The van der Waals surface area contributed by atoms with Crippen molar-refractivity contribution >= 4 is 9.84 Å². The van der Waals surface area contributed by atoms with E-state index < -0.39 is 9.84 Å². The third-order valence-corrected chi connectivity index (χ3v) is 5.87. The third kappa shape index (κ3) is 6.55. The molecule has 2 atom stereocenters. The number of nitrogens with one attached hydrogen (secondary N) is 1. The summed E-state index contributed by atoms with van der Waals surface area (Å²) in [5, 5.41) is 3.60. The molecule has 120 valence electrons. The molecular weight excluding hydrogens is 272 g/mol. The van der Waals surface area contributed by atoms with Crippen LogP contribution in [0.1, 0.15) is 47.0 Å². The van der Waals surface area contributed by atoms with Crippen LogP contribution in [0.2, 0.25) is 0 Å². The van der Waals surface area contributed by atoms with E-state index in [2.05, 4.69) is 31.0 Å². The second kappa shape index (κ2) is 8.35. The minimum atomic E-state index is -2.87.